The quantitative estimate of drug-likeness (QED) is 0.883. The number of carbonyl (C=O) groups excluding carboxylic acids is 1. The Bertz CT molecular complexity index is 607. The van der Waals surface area contributed by atoms with Crippen molar-refractivity contribution >= 4 is 11.6 Å². The van der Waals surface area contributed by atoms with Crippen LogP contribution in [0.5, 0.6) is 0 Å². The highest BCUT2D eigenvalue weighted by Crippen LogP contribution is 2.14. The fourth-order valence-corrected chi connectivity index (χ4v) is 2.13. The van der Waals surface area contributed by atoms with Crippen molar-refractivity contribution in [2.75, 3.05) is 19.0 Å². The predicted molar refractivity (Wildman–Crippen MR) is 86.9 cm³/mol. The van der Waals surface area contributed by atoms with Gasteiger partial charge in [-0.05, 0) is 24.1 Å². The molecule has 118 valence electrons. The molecule has 1 heterocycles. The van der Waals surface area contributed by atoms with E-state index in [0.717, 1.165) is 5.69 Å². The molecule has 0 aliphatic heterocycles. The maximum absolute atomic E-state index is 12.5. The largest absolute Gasteiger partial charge is 0.378 e. The molecular formula is C16H23N5O. The van der Waals surface area contributed by atoms with E-state index < -0.39 is 0 Å². The second-order valence-corrected chi connectivity index (χ2v) is 5.89. The lowest BCUT2D eigenvalue weighted by atomic mass is 10.0. The van der Waals surface area contributed by atoms with Crippen LogP contribution in [-0.4, -0.2) is 40.8 Å². The van der Waals surface area contributed by atoms with Crippen LogP contribution in [0.25, 0.3) is 0 Å². The standard InChI is InChI=1S/C16H23N5O/c1-12(2)15(9-21-11-17-10-18-21)19-16(22)13-6-5-7-14(8-13)20(3)4/h5-8,10-12,15H,9H2,1-4H3,(H,19,22)/t15-/m1/s1. The number of benzene rings is 1. The molecule has 1 N–H and O–H groups in total. The van der Waals surface area contributed by atoms with E-state index in [0.29, 0.717) is 18.0 Å². The van der Waals surface area contributed by atoms with Gasteiger partial charge in [0, 0.05) is 25.3 Å². The summed E-state index contributed by atoms with van der Waals surface area (Å²) in [5, 5.41) is 7.19. The number of rotatable bonds is 6. The van der Waals surface area contributed by atoms with Crippen LogP contribution in [0.1, 0.15) is 24.2 Å². The van der Waals surface area contributed by atoms with Crippen molar-refractivity contribution in [2.45, 2.75) is 26.4 Å². The van der Waals surface area contributed by atoms with E-state index in [1.165, 1.54) is 6.33 Å². The summed E-state index contributed by atoms with van der Waals surface area (Å²) in [6, 6.07) is 7.59. The van der Waals surface area contributed by atoms with Crippen molar-refractivity contribution in [1.29, 1.82) is 0 Å². The molecule has 1 amide bonds. The van der Waals surface area contributed by atoms with E-state index >= 15 is 0 Å². The number of nitrogens with one attached hydrogen (secondary N) is 1. The molecule has 0 aliphatic carbocycles. The zero-order chi connectivity index (χ0) is 16.1. The average Bonchev–Trinajstić information content (AvgIpc) is 2.99. The summed E-state index contributed by atoms with van der Waals surface area (Å²) < 4.78 is 1.74. The maximum Gasteiger partial charge on any atom is 0.251 e. The van der Waals surface area contributed by atoms with Crippen LogP contribution >= 0.6 is 0 Å². The van der Waals surface area contributed by atoms with Gasteiger partial charge < -0.3 is 10.2 Å². The first-order valence-corrected chi connectivity index (χ1v) is 7.38. The normalized spacial score (nSPS) is 12.2. The molecule has 0 bridgehead atoms. The lowest BCUT2D eigenvalue weighted by Gasteiger charge is -2.22. The van der Waals surface area contributed by atoms with Crippen LogP contribution < -0.4 is 10.2 Å². The van der Waals surface area contributed by atoms with Gasteiger partial charge in [0.1, 0.15) is 12.7 Å². The van der Waals surface area contributed by atoms with E-state index in [1.54, 1.807) is 11.0 Å². The first-order valence-electron chi connectivity index (χ1n) is 7.38. The molecule has 1 aromatic heterocycles. The van der Waals surface area contributed by atoms with Gasteiger partial charge in [-0.2, -0.15) is 5.10 Å². The maximum atomic E-state index is 12.5. The Labute approximate surface area is 131 Å². The molecule has 0 saturated heterocycles. The highest BCUT2D eigenvalue weighted by atomic mass is 16.1. The van der Waals surface area contributed by atoms with Gasteiger partial charge in [0.15, 0.2) is 0 Å². The number of hydrogen-bond acceptors (Lipinski definition) is 4. The van der Waals surface area contributed by atoms with Gasteiger partial charge in [0.05, 0.1) is 12.6 Å². The van der Waals surface area contributed by atoms with Crippen molar-refractivity contribution in [3.8, 4) is 0 Å². The third-order valence-electron chi connectivity index (χ3n) is 3.60. The SMILES string of the molecule is CC(C)[C@@H](Cn1cncn1)NC(=O)c1cccc(N(C)C)c1. The number of hydrogen-bond donors (Lipinski definition) is 1. The van der Waals surface area contributed by atoms with Crippen molar-refractivity contribution < 1.29 is 4.79 Å². The highest BCUT2D eigenvalue weighted by Gasteiger charge is 2.18. The van der Waals surface area contributed by atoms with E-state index in [1.807, 2.05) is 43.3 Å². The van der Waals surface area contributed by atoms with E-state index in [-0.39, 0.29) is 11.9 Å². The summed E-state index contributed by atoms with van der Waals surface area (Å²) in [6.45, 7) is 4.77. The van der Waals surface area contributed by atoms with E-state index in [4.69, 9.17) is 0 Å². The smallest absolute Gasteiger partial charge is 0.251 e. The first kappa shape index (κ1) is 16.0. The van der Waals surface area contributed by atoms with Crippen LogP contribution in [0.3, 0.4) is 0 Å². The van der Waals surface area contributed by atoms with Gasteiger partial charge >= 0.3 is 0 Å². The minimum absolute atomic E-state index is 0.00258. The molecule has 0 unspecified atom stereocenters. The second-order valence-electron chi connectivity index (χ2n) is 5.89. The molecule has 1 atom stereocenters. The first-order chi connectivity index (χ1) is 10.5. The lowest BCUT2D eigenvalue weighted by molar-refractivity contribution is 0.0919. The van der Waals surface area contributed by atoms with Gasteiger partial charge in [-0.15, -0.1) is 0 Å². The molecule has 6 heteroatoms. The Morgan fingerprint density at radius 1 is 1.36 bits per heavy atom. The predicted octanol–water partition coefficient (Wildman–Crippen LogP) is 1.80. The number of amides is 1. The van der Waals surface area contributed by atoms with Crippen molar-refractivity contribution in [3.63, 3.8) is 0 Å². The molecule has 22 heavy (non-hydrogen) atoms. The summed E-state index contributed by atoms with van der Waals surface area (Å²) in [6.07, 6.45) is 3.16. The summed E-state index contributed by atoms with van der Waals surface area (Å²) in [5.74, 6) is 0.229. The third kappa shape index (κ3) is 4.07. The molecule has 1 aromatic carbocycles. The molecule has 0 radical (unpaired) electrons. The lowest BCUT2D eigenvalue weighted by Crippen LogP contribution is -2.41. The molecule has 2 rings (SSSR count). The number of anilines is 1. The molecule has 2 aromatic rings. The molecular weight excluding hydrogens is 278 g/mol. The van der Waals surface area contributed by atoms with Crippen molar-refractivity contribution in [3.05, 3.63) is 42.5 Å². The van der Waals surface area contributed by atoms with Gasteiger partial charge in [-0.1, -0.05) is 19.9 Å². The monoisotopic (exact) mass is 301 g/mol. The van der Waals surface area contributed by atoms with Gasteiger partial charge in [0.25, 0.3) is 5.91 Å². The van der Waals surface area contributed by atoms with Crippen LogP contribution in [-0.2, 0) is 6.54 Å². The topological polar surface area (TPSA) is 63.1 Å². The minimum Gasteiger partial charge on any atom is -0.378 e. The Morgan fingerprint density at radius 2 is 2.14 bits per heavy atom. The summed E-state index contributed by atoms with van der Waals surface area (Å²) >= 11 is 0. The summed E-state index contributed by atoms with van der Waals surface area (Å²) in [4.78, 5) is 18.4. The summed E-state index contributed by atoms with van der Waals surface area (Å²) in [5.41, 5.74) is 1.67. The summed E-state index contributed by atoms with van der Waals surface area (Å²) in [7, 11) is 3.91. The second kappa shape index (κ2) is 7.06. The van der Waals surface area contributed by atoms with Crippen LogP contribution in [0, 0.1) is 5.92 Å². The Kier molecular flexibility index (Phi) is 5.14. The Hall–Kier alpha value is -2.37. The van der Waals surface area contributed by atoms with Gasteiger partial charge in [-0.25, -0.2) is 4.98 Å². The zero-order valence-corrected chi connectivity index (χ0v) is 13.5. The zero-order valence-electron chi connectivity index (χ0n) is 13.5. The number of nitrogens with zero attached hydrogens (tertiary/aromatic N) is 4. The van der Waals surface area contributed by atoms with Crippen LogP contribution in [0.15, 0.2) is 36.9 Å². The molecule has 6 nitrogen and oxygen atoms in total. The third-order valence-corrected chi connectivity index (χ3v) is 3.60. The Morgan fingerprint density at radius 3 is 2.73 bits per heavy atom. The van der Waals surface area contributed by atoms with E-state index in [2.05, 4.69) is 29.2 Å². The van der Waals surface area contributed by atoms with Gasteiger partial charge in [-0.3, -0.25) is 9.48 Å². The molecule has 0 spiro atoms. The van der Waals surface area contributed by atoms with Crippen molar-refractivity contribution in [1.82, 2.24) is 20.1 Å². The van der Waals surface area contributed by atoms with Crippen molar-refractivity contribution in [2.24, 2.45) is 5.92 Å². The van der Waals surface area contributed by atoms with E-state index in [9.17, 15) is 4.79 Å². The fourth-order valence-electron chi connectivity index (χ4n) is 2.13. The molecule has 0 aliphatic rings. The average molecular weight is 301 g/mol. The van der Waals surface area contributed by atoms with Crippen LogP contribution in [0.4, 0.5) is 5.69 Å². The number of aromatic nitrogens is 3. The molecule has 0 saturated carbocycles. The Balaban J connectivity index is 2.09. The molecule has 0 fully saturated rings. The van der Waals surface area contributed by atoms with Crippen LogP contribution in [0.2, 0.25) is 0 Å². The number of carbonyl (C=O) groups is 1. The van der Waals surface area contributed by atoms with Gasteiger partial charge in [0.2, 0.25) is 0 Å². The minimum atomic E-state index is -0.0671. The highest BCUT2D eigenvalue weighted by molar-refractivity contribution is 5.95. The fraction of sp³-hybridized carbons (Fsp3) is 0.438.